The zero-order valence-corrected chi connectivity index (χ0v) is 12.1. The van der Waals surface area contributed by atoms with Crippen molar-refractivity contribution in [1.82, 2.24) is 4.90 Å². The third kappa shape index (κ3) is 4.54. The van der Waals surface area contributed by atoms with E-state index in [0.717, 1.165) is 11.3 Å². The molecule has 1 rings (SSSR count). The van der Waals surface area contributed by atoms with Crippen LogP contribution in [0.1, 0.15) is 12.5 Å². The normalized spacial score (nSPS) is 12.5. The molecule has 0 radical (unpaired) electrons. The van der Waals surface area contributed by atoms with Crippen LogP contribution in [0.2, 0.25) is 0 Å². The van der Waals surface area contributed by atoms with Gasteiger partial charge in [-0.3, -0.25) is 9.69 Å². The van der Waals surface area contributed by atoms with Gasteiger partial charge in [0.05, 0.1) is 13.2 Å². The van der Waals surface area contributed by atoms with Gasteiger partial charge >= 0.3 is 0 Å². The molecule has 3 N–H and O–H groups in total. The highest BCUT2D eigenvalue weighted by molar-refractivity contribution is 5.93. The maximum atomic E-state index is 12.0. The van der Waals surface area contributed by atoms with E-state index in [4.69, 9.17) is 10.5 Å². The van der Waals surface area contributed by atoms with Crippen LogP contribution in [0.3, 0.4) is 0 Å². The molecule has 0 aliphatic rings. The largest absolute Gasteiger partial charge is 0.398 e. The lowest BCUT2D eigenvalue weighted by molar-refractivity contribution is -0.117. The molecule has 0 aromatic heterocycles. The number of likely N-dealkylation sites (N-methyl/N-ethyl adjacent to an activating group) is 1. The van der Waals surface area contributed by atoms with Crippen LogP contribution in [0.25, 0.3) is 0 Å². The number of rotatable bonds is 6. The standard InChI is InChI=1S/C14H23N3O2/c1-10(9-19-4)17(3)8-14(18)16-13-7-5-6-12(15)11(13)2/h5-7,10H,8-9,15H2,1-4H3,(H,16,18). The fraction of sp³-hybridized carbons (Fsp3) is 0.500. The van der Waals surface area contributed by atoms with E-state index in [1.165, 1.54) is 0 Å². The number of carbonyl (C=O) groups excluding carboxylic acids is 1. The minimum absolute atomic E-state index is 0.0563. The Morgan fingerprint density at radius 1 is 1.53 bits per heavy atom. The molecule has 106 valence electrons. The van der Waals surface area contributed by atoms with E-state index in [-0.39, 0.29) is 11.9 Å². The first-order valence-electron chi connectivity index (χ1n) is 6.29. The highest BCUT2D eigenvalue weighted by Crippen LogP contribution is 2.20. The first-order valence-corrected chi connectivity index (χ1v) is 6.29. The number of nitrogens with zero attached hydrogens (tertiary/aromatic N) is 1. The second-order valence-electron chi connectivity index (χ2n) is 4.79. The van der Waals surface area contributed by atoms with Crippen molar-refractivity contribution in [3.8, 4) is 0 Å². The van der Waals surface area contributed by atoms with Crippen LogP contribution in [-0.4, -0.2) is 44.2 Å². The Balaban J connectivity index is 2.58. The van der Waals surface area contributed by atoms with Crippen molar-refractivity contribution in [2.24, 2.45) is 0 Å². The molecule has 19 heavy (non-hydrogen) atoms. The minimum atomic E-state index is -0.0563. The summed E-state index contributed by atoms with van der Waals surface area (Å²) in [6.07, 6.45) is 0. The zero-order valence-electron chi connectivity index (χ0n) is 12.1. The number of carbonyl (C=O) groups is 1. The van der Waals surface area contributed by atoms with Gasteiger partial charge in [0.1, 0.15) is 0 Å². The third-order valence-corrected chi connectivity index (χ3v) is 3.20. The molecule has 0 saturated carbocycles. The van der Waals surface area contributed by atoms with Gasteiger partial charge in [-0.25, -0.2) is 0 Å². The van der Waals surface area contributed by atoms with E-state index < -0.39 is 0 Å². The van der Waals surface area contributed by atoms with Crippen molar-refractivity contribution in [3.63, 3.8) is 0 Å². The SMILES string of the molecule is COCC(C)N(C)CC(=O)Nc1cccc(N)c1C. The number of ether oxygens (including phenoxy) is 1. The average molecular weight is 265 g/mol. The number of amides is 1. The van der Waals surface area contributed by atoms with Gasteiger partial charge in [-0.15, -0.1) is 0 Å². The molecule has 1 aromatic carbocycles. The molecule has 0 spiro atoms. The molecule has 1 amide bonds. The highest BCUT2D eigenvalue weighted by atomic mass is 16.5. The van der Waals surface area contributed by atoms with E-state index in [1.807, 2.05) is 44.0 Å². The highest BCUT2D eigenvalue weighted by Gasteiger charge is 2.13. The second-order valence-corrected chi connectivity index (χ2v) is 4.79. The summed E-state index contributed by atoms with van der Waals surface area (Å²) in [5, 5.41) is 2.88. The molecule has 0 bridgehead atoms. The quantitative estimate of drug-likeness (QED) is 0.765. The Morgan fingerprint density at radius 2 is 2.21 bits per heavy atom. The van der Waals surface area contributed by atoms with Crippen LogP contribution in [0, 0.1) is 6.92 Å². The predicted octanol–water partition coefficient (Wildman–Crippen LogP) is 1.48. The van der Waals surface area contributed by atoms with Gasteiger partial charge in [-0.2, -0.15) is 0 Å². The Morgan fingerprint density at radius 3 is 2.84 bits per heavy atom. The monoisotopic (exact) mass is 265 g/mol. The topological polar surface area (TPSA) is 67.6 Å². The molecule has 5 heteroatoms. The van der Waals surface area contributed by atoms with Crippen LogP contribution < -0.4 is 11.1 Å². The maximum absolute atomic E-state index is 12.0. The van der Waals surface area contributed by atoms with Crippen molar-refractivity contribution in [1.29, 1.82) is 0 Å². The number of hydrogen-bond donors (Lipinski definition) is 2. The Bertz CT molecular complexity index is 435. The number of nitrogen functional groups attached to an aromatic ring is 1. The molecule has 5 nitrogen and oxygen atoms in total. The average Bonchev–Trinajstić information content (AvgIpc) is 2.35. The lowest BCUT2D eigenvalue weighted by Crippen LogP contribution is -2.38. The summed E-state index contributed by atoms with van der Waals surface area (Å²) in [6.45, 7) is 4.82. The number of nitrogens with one attached hydrogen (secondary N) is 1. The lowest BCUT2D eigenvalue weighted by atomic mass is 10.1. The van der Waals surface area contributed by atoms with Gasteiger partial charge in [-0.1, -0.05) is 6.07 Å². The number of nitrogens with two attached hydrogens (primary N) is 1. The van der Waals surface area contributed by atoms with Crippen molar-refractivity contribution in [2.75, 3.05) is 38.4 Å². The summed E-state index contributed by atoms with van der Waals surface area (Å²) in [4.78, 5) is 13.9. The van der Waals surface area contributed by atoms with Gasteiger partial charge in [0.25, 0.3) is 0 Å². The fourth-order valence-electron chi connectivity index (χ4n) is 1.73. The molecule has 1 unspecified atom stereocenters. The smallest absolute Gasteiger partial charge is 0.238 e. The molecule has 0 fully saturated rings. The molecule has 1 atom stereocenters. The molecule has 0 saturated heterocycles. The van der Waals surface area contributed by atoms with E-state index in [0.29, 0.717) is 18.8 Å². The summed E-state index contributed by atoms with van der Waals surface area (Å²) >= 11 is 0. The van der Waals surface area contributed by atoms with Crippen LogP contribution in [0.15, 0.2) is 18.2 Å². The Kier molecular flexibility index (Phi) is 5.79. The van der Waals surface area contributed by atoms with Crippen molar-refractivity contribution < 1.29 is 9.53 Å². The minimum Gasteiger partial charge on any atom is -0.398 e. The molecule has 0 aliphatic carbocycles. The van der Waals surface area contributed by atoms with Gasteiger partial charge in [0, 0.05) is 24.5 Å². The number of anilines is 2. The molecule has 0 heterocycles. The number of hydrogen-bond acceptors (Lipinski definition) is 4. The maximum Gasteiger partial charge on any atom is 0.238 e. The predicted molar refractivity (Wildman–Crippen MR) is 78.2 cm³/mol. The molecule has 0 aliphatic heterocycles. The van der Waals surface area contributed by atoms with Gasteiger partial charge in [0.2, 0.25) is 5.91 Å². The molecular formula is C14H23N3O2. The number of methoxy groups -OCH3 is 1. The Labute approximate surface area is 114 Å². The van der Waals surface area contributed by atoms with E-state index in [9.17, 15) is 4.79 Å². The van der Waals surface area contributed by atoms with Crippen molar-refractivity contribution in [3.05, 3.63) is 23.8 Å². The lowest BCUT2D eigenvalue weighted by Gasteiger charge is -2.23. The van der Waals surface area contributed by atoms with Crippen LogP contribution >= 0.6 is 0 Å². The van der Waals surface area contributed by atoms with Crippen LogP contribution in [0.4, 0.5) is 11.4 Å². The van der Waals surface area contributed by atoms with Gasteiger partial charge in [0.15, 0.2) is 0 Å². The van der Waals surface area contributed by atoms with E-state index in [2.05, 4.69) is 5.32 Å². The van der Waals surface area contributed by atoms with Gasteiger partial charge in [-0.05, 0) is 38.6 Å². The molecule has 1 aromatic rings. The van der Waals surface area contributed by atoms with Crippen molar-refractivity contribution in [2.45, 2.75) is 19.9 Å². The second kappa shape index (κ2) is 7.11. The van der Waals surface area contributed by atoms with E-state index in [1.54, 1.807) is 7.11 Å². The van der Waals surface area contributed by atoms with E-state index >= 15 is 0 Å². The summed E-state index contributed by atoms with van der Waals surface area (Å²) in [7, 11) is 3.55. The first kappa shape index (κ1) is 15.5. The van der Waals surface area contributed by atoms with Crippen LogP contribution in [-0.2, 0) is 9.53 Å². The first-order chi connectivity index (χ1) is 8.95. The fourth-order valence-corrected chi connectivity index (χ4v) is 1.73. The van der Waals surface area contributed by atoms with Crippen LogP contribution in [0.5, 0.6) is 0 Å². The van der Waals surface area contributed by atoms with Gasteiger partial charge < -0.3 is 15.8 Å². The third-order valence-electron chi connectivity index (χ3n) is 3.20. The summed E-state index contributed by atoms with van der Waals surface area (Å²) in [5.74, 6) is -0.0563. The summed E-state index contributed by atoms with van der Waals surface area (Å²) in [6, 6.07) is 5.69. The Hall–Kier alpha value is -1.59. The van der Waals surface area contributed by atoms with Crippen molar-refractivity contribution >= 4 is 17.3 Å². The number of benzene rings is 1. The summed E-state index contributed by atoms with van der Waals surface area (Å²) in [5.41, 5.74) is 8.14. The molecular weight excluding hydrogens is 242 g/mol. The zero-order chi connectivity index (χ0) is 14.4. The summed E-state index contributed by atoms with van der Waals surface area (Å²) < 4.78 is 5.07.